The first kappa shape index (κ1) is 57.8. The topological polar surface area (TPSA) is 360 Å². The van der Waals surface area contributed by atoms with Crippen molar-refractivity contribution in [3.63, 3.8) is 0 Å². The second-order valence-corrected chi connectivity index (χ2v) is 18.6. The van der Waals surface area contributed by atoms with Crippen molar-refractivity contribution in [1.82, 2.24) is 19.9 Å². The average molecular weight is 1140 g/mol. The Morgan fingerprint density at radius 1 is 0.310 bits per heavy atom. The molecule has 4 aromatic carbocycles. The van der Waals surface area contributed by atoms with Gasteiger partial charge >= 0.3 is 23.9 Å². The number of hydrogen-bond donors (Lipinski definition) is 10. The lowest BCUT2D eigenvalue weighted by molar-refractivity contribution is -0.144. The van der Waals surface area contributed by atoms with Gasteiger partial charge in [0.25, 0.3) is 0 Å². The van der Waals surface area contributed by atoms with Gasteiger partial charge in [0.1, 0.15) is 52.9 Å². The number of rotatable bonds is 24. The molecule has 84 heavy (non-hydrogen) atoms. The molecule has 2 aliphatic rings. The zero-order valence-corrected chi connectivity index (χ0v) is 44.1. The molecule has 0 atom stereocenters. The summed E-state index contributed by atoms with van der Waals surface area (Å²) >= 11 is 0. The van der Waals surface area contributed by atoms with Gasteiger partial charge in [-0.3, -0.25) is 19.2 Å². The SMILES string of the molecule is O=C(O)COCC(=O)Nc1ccc(-c2c3nc(c(-c4ccc(NC(=O)COCC(=O)O)cc4)c4ccc([nH]4)c(-c4ccc(NC(=O)COCC(=O)O)cc4)c4nc(c(-c5ccc(NC(=O)COCC(=O)O)cc5)c5ccc2[nH]5)C=C4)C=C3)cc1. The molecule has 2 aliphatic heterocycles. The molecular formula is C60H50N8O16. The molecule has 4 amide bonds. The van der Waals surface area contributed by atoms with Crippen LogP contribution < -0.4 is 21.3 Å². The van der Waals surface area contributed by atoms with Crippen LogP contribution in [0.5, 0.6) is 0 Å². The molecule has 0 spiro atoms. The Kier molecular flexibility index (Phi) is 18.3. The highest BCUT2D eigenvalue weighted by molar-refractivity contribution is 6.02. The van der Waals surface area contributed by atoms with Crippen molar-refractivity contribution in [2.45, 2.75) is 0 Å². The van der Waals surface area contributed by atoms with Gasteiger partial charge in [0, 0.05) is 67.1 Å². The van der Waals surface area contributed by atoms with Crippen LogP contribution in [-0.2, 0) is 57.3 Å². The Morgan fingerprint density at radius 3 is 0.702 bits per heavy atom. The van der Waals surface area contributed by atoms with Crippen LogP contribution >= 0.6 is 0 Å². The van der Waals surface area contributed by atoms with E-state index in [4.69, 9.17) is 49.3 Å². The predicted molar refractivity (Wildman–Crippen MR) is 309 cm³/mol. The van der Waals surface area contributed by atoms with Gasteiger partial charge in [0.05, 0.1) is 22.8 Å². The number of fused-ring (bicyclic) bond motifs is 8. The van der Waals surface area contributed by atoms with Gasteiger partial charge in [-0.15, -0.1) is 0 Å². The van der Waals surface area contributed by atoms with Crippen molar-refractivity contribution in [3.05, 3.63) is 144 Å². The Morgan fingerprint density at radius 2 is 0.512 bits per heavy atom. The smallest absolute Gasteiger partial charge is 0.329 e. The third-order valence-electron chi connectivity index (χ3n) is 12.4. The number of aromatic nitrogens is 4. The van der Waals surface area contributed by atoms with Crippen molar-refractivity contribution in [2.24, 2.45) is 0 Å². The van der Waals surface area contributed by atoms with Gasteiger partial charge in [-0.2, -0.15) is 0 Å². The first-order chi connectivity index (χ1) is 40.5. The Bertz CT molecular complexity index is 3440. The maximum absolute atomic E-state index is 12.7. The minimum Gasteiger partial charge on any atom is -0.480 e. The summed E-state index contributed by atoms with van der Waals surface area (Å²) in [5.41, 5.74) is 11.4. The van der Waals surface area contributed by atoms with Crippen LogP contribution in [0.25, 0.3) is 90.9 Å². The van der Waals surface area contributed by atoms with Gasteiger partial charge in [0.15, 0.2) is 0 Å². The van der Waals surface area contributed by atoms with Gasteiger partial charge in [0.2, 0.25) is 23.6 Å². The molecule has 0 aliphatic carbocycles. The summed E-state index contributed by atoms with van der Waals surface area (Å²) in [4.78, 5) is 112. The van der Waals surface area contributed by atoms with E-state index < -0.39 is 100 Å². The molecule has 426 valence electrons. The second-order valence-electron chi connectivity index (χ2n) is 18.6. The van der Waals surface area contributed by atoms with E-state index in [0.717, 1.165) is 0 Å². The first-order valence-corrected chi connectivity index (χ1v) is 25.5. The third-order valence-corrected chi connectivity index (χ3v) is 12.4. The van der Waals surface area contributed by atoms with Crippen LogP contribution in [0.3, 0.4) is 0 Å². The van der Waals surface area contributed by atoms with Crippen molar-refractivity contribution in [1.29, 1.82) is 0 Å². The molecule has 0 radical (unpaired) electrons. The summed E-state index contributed by atoms with van der Waals surface area (Å²) in [7, 11) is 0. The summed E-state index contributed by atoms with van der Waals surface area (Å²) in [6.07, 6.45) is 7.44. The fourth-order valence-corrected chi connectivity index (χ4v) is 9.01. The lowest BCUT2D eigenvalue weighted by atomic mass is 10.0. The molecule has 8 bridgehead atoms. The highest BCUT2D eigenvalue weighted by Gasteiger charge is 2.21. The molecule has 3 aromatic heterocycles. The molecule has 0 unspecified atom stereocenters. The third kappa shape index (κ3) is 14.9. The number of benzene rings is 4. The quantitative estimate of drug-likeness (QED) is 0.0280. The number of carbonyl (C=O) groups excluding carboxylic acids is 4. The van der Waals surface area contributed by atoms with E-state index in [9.17, 15) is 38.4 Å². The Labute approximate surface area is 475 Å². The number of nitrogens with zero attached hydrogens (tertiary/aromatic N) is 2. The minimum atomic E-state index is -1.22. The largest absolute Gasteiger partial charge is 0.480 e. The lowest BCUT2D eigenvalue weighted by Gasteiger charge is -2.10. The summed E-state index contributed by atoms with van der Waals surface area (Å²) < 4.78 is 19.9. The summed E-state index contributed by atoms with van der Waals surface area (Å²) in [6.45, 7) is -4.52. The summed E-state index contributed by atoms with van der Waals surface area (Å²) in [6, 6.07) is 35.4. The molecule has 24 heteroatoms. The number of amides is 4. The van der Waals surface area contributed by atoms with Crippen LogP contribution in [0.2, 0.25) is 0 Å². The second kappa shape index (κ2) is 26.6. The van der Waals surface area contributed by atoms with Gasteiger partial charge in [-0.25, -0.2) is 29.1 Å². The molecule has 0 fully saturated rings. The van der Waals surface area contributed by atoms with Crippen LogP contribution in [0, 0.1) is 0 Å². The molecule has 5 heterocycles. The van der Waals surface area contributed by atoms with Crippen molar-refractivity contribution >= 4 is 117 Å². The van der Waals surface area contributed by atoms with Gasteiger partial charge < -0.3 is 70.6 Å². The number of carboxylic acid groups (broad SMARTS) is 4. The average Bonchev–Trinajstić information content (AvgIpc) is 1.99. The van der Waals surface area contributed by atoms with E-state index >= 15 is 0 Å². The monoisotopic (exact) mass is 1140 g/mol. The maximum atomic E-state index is 12.7. The van der Waals surface area contributed by atoms with Crippen LogP contribution in [-0.4, -0.2) is 141 Å². The standard InChI is InChI=1S/C60H50N8O16/c69-49(25-81-29-53(73)74)61-37-9-1-33(2-10-37)57-41-17-19-43(65-41)58(34-3-11-38(12-4-34)62-50(70)26-82-30-54(75)76)45-21-23-47(67-45)60(36-7-15-40(16-8-36)64-52(72)28-84-32-56(79)80)48-24-22-46(68-48)59(44-20-18-42(57)66-44)35-5-13-39(14-6-35)63-51(71)27-83-31-55(77)78/h1-24,65,68H,25-32H2,(H,61,69)(H,62,70)(H,63,71)(H,64,72)(H,73,74)(H,75,76)(H,77,78)(H,79,80). The molecule has 10 N–H and O–H groups in total. The van der Waals surface area contributed by atoms with E-state index in [2.05, 4.69) is 31.2 Å². The number of anilines is 4. The van der Waals surface area contributed by atoms with Gasteiger partial charge in [-0.1, -0.05) is 48.5 Å². The molecule has 0 saturated carbocycles. The first-order valence-electron chi connectivity index (χ1n) is 25.5. The number of nitrogens with one attached hydrogen (secondary N) is 6. The zero-order valence-electron chi connectivity index (χ0n) is 44.1. The zero-order chi connectivity index (χ0) is 59.3. The van der Waals surface area contributed by atoms with Crippen molar-refractivity contribution in [3.8, 4) is 44.5 Å². The van der Waals surface area contributed by atoms with E-state index in [-0.39, 0.29) is 0 Å². The van der Waals surface area contributed by atoms with Crippen molar-refractivity contribution in [2.75, 3.05) is 74.1 Å². The Hall–Kier alpha value is -10.9. The fourth-order valence-electron chi connectivity index (χ4n) is 9.01. The molecule has 24 nitrogen and oxygen atoms in total. The van der Waals surface area contributed by atoms with Crippen molar-refractivity contribution < 1.29 is 77.7 Å². The van der Waals surface area contributed by atoms with E-state index in [1.165, 1.54) is 0 Å². The summed E-state index contributed by atoms with van der Waals surface area (Å²) in [5, 5.41) is 46.7. The normalized spacial score (nSPS) is 11.4. The predicted octanol–water partition coefficient (Wildman–Crippen LogP) is 7.48. The van der Waals surface area contributed by atoms with E-state index in [1.54, 1.807) is 97.1 Å². The minimum absolute atomic E-state index is 0.408. The van der Waals surface area contributed by atoms with Gasteiger partial charge in [-0.05, 0) is 119 Å². The molecule has 9 rings (SSSR count). The number of carboxylic acids is 4. The maximum Gasteiger partial charge on any atom is 0.329 e. The van der Waals surface area contributed by atoms with Crippen LogP contribution in [0.15, 0.2) is 121 Å². The molecule has 7 aromatic rings. The van der Waals surface area contributed by atoms with E-state index in [1.807, 2.05) is 48.6 Å². The number of ether oxygens (including phenoxy) is 4. The number of carbonyl (C=O) groups is 8. The number of aliphatic carboxylic acids is 4. The molecular weight excluding hydrogens is 1090 g/mol. The fraction of sp³-hybridized carbons (Fsp3) is 0.133. The number of hydrogen-bond acceptors (Lipinski definition) is 14. The van der Waals surface area contributed by atoms with Crippen LogP contribution in [0.1, 0.15) is 22.8 Å². The van der Waals surface area contributed by atoms with Crippen LogP contribution in [0.4, 0.5) is 22.7 Å². The lowest BCUT2D eigenvalue weighted by Crippen LogP contribution is -2.20. The molecule has 0 saturated heterocycles. The van der Waals surface area contributed by atoms with E-state index in [0.29, 0.717) is 112 Å². The highest BCUT2D eigenvalue weighted by Crippen LogP contribution is 2.39. The summed E-state index contributed by atoms with van der Waals surface area (Å²) in [5.74, 6) is -7.12. The Balaban J connectivity index is 1.24. The number of aromatic amines is 2. The number of H-pyrrole nitrogens is 2. The highest BCUT2D eigenvalue weighted by atomic mass is 16.5.